The summed E-state index contributed by atoms with van der Waals surface area (Å²) in [6.45, 7) is 0.867. The third-order valence-corrected chi connectivity index (χ3v) is 3.34. The van der Waals surface area contributed by atoms with E-state index in [0.717, 1.165) is 17.0 Å². The number of carboxylic acid groups (broad SMARTS) is 1. The van der Waals surface area contributed by atoms with E-state index in [4.69, 9.17) is 14.6 Å². The molecule has 1 aromatic carbocycles. The van der Waals surface area contributed by atoms with Gasteiger partial charge in [0.2, 0.25) is 0 Å². The molecular formula is C14H14N2O4. The van der Waals surface area contributed by atoms with Crippen LogP contribution >= 0.6 is 0 Å². The summed E-state index contributed by atoms with van der Waals surface area (Å²) in [5.41, 5.74) is 1.86. The molecule has 1 N–H and O–H groups in total. The van der Waals surface area contributed by atoms with Crippen molar-refractivity contribution < 1.29 is 19.4 Å². The quantitative estimate of drug-likeness (QED) is 0.924. The van der Waals surface area contributed by atoms with Crippen molar-refractivity contribution in [2.24, 2.45) is 0 Å². The Morgan fingerprint density at radius 2 is 2.20 bits per heavy atom. The first kappa shape index (κ1) is 12.7. The van der Waals surface area contributed by atoms with E-state index < -0.39 is 5.97 Å². The number of hydrogen-bond donors (Lipinski definition) is 1. The molecule has 1 aromatic heterocycles. The molecular weight excluding hydrogens is 260 g/mol. The van der Waals surface area contributed by atoms with E-state index in [1.807, 2.05) is 24.3 Å². The number of methoxy groups -OCH3 is 1. The lowest BCUT2D eigenvalue weighted by molar-refractivity contribution is -0.00125. The zero-order valence-electron chi connectivity index (χ0n) is 10.9. The van der Waals surface area contributed by atoms with E-state index in [-0.39, 0.29) is 11.8 Å². The van der Waals surface area contributed by atoms with Crippen LogP contribution in [0.25, 0.3) is 0 Å². The van der Waals surface area contributed by atoms with Crippen LogP contribution in [0.5, 0.6) is 5.75 Å². The highest BCUT2D eigenvalue weighted by Crippen LogP contribution is 2.27. The Labute approximate surface area is 115 Å². The summed E-state index contributed by atoms with van der Waals surface area (Å²) in [4.78, 5) is 10.9. The molecule has 0 spiro atoms. The lowest BCUT2D eigenvalue weighted by Gasteiger charge is -2.24. The average molecular weight is 274 g/mol. The van der Waals surface area contributed by atoms with Crippen molar-refractivity contribution in [1.29, 1.82) is 0 Å². The van der Waals surface area contributed by atoms with E-state index in [1.54, 1.807) is 17.9 Å². The monoisotopic (exact) mass is 274 g/mol. The van der Waals surface area contributed by atoms with Gasteiger partial charge in [-0.3, -0.25) is 4.68 Å². The van der Waals surface area contributed by atoms with Crippen LogP contribution in [0.15, 0.2) is 30.3 Å². The molecule has 0 saturated heterocycles. The van der Waals surface area contributed by atoms with E-state index in [0.29, 0.717) is 13.2 Å². The van der Waals surface area contributed by atoms with Gasteiger partial charge in [0.1, 0.15) is 11.9 Å². The van der Waals surface area contributed by atoms with E-state index >= 15 is 0 Å². The van der Waals surface area contributed by atoms with Crippen molar-refractivity contribution >= 4 is 5.97 Å². The minimum absolute atomic E-state index is 0.0546. The fraction of sp³-hybridized carbons (Fsp3) is 0.286. The predicted molar refractivity (Wildman–Crippen MR) is 69.7 cm³/mol. The van der Waals surface area contributed by atoms with Crippen molar-refractivity contribution in [2.45, 2.75) is 19.3 Å². The number of benzene rings is 1. The highest BCUT2D eigenvalue weighted by atomic mass is 16.5. The Hall–Kier alpha value is -2.34. The van der Waals surface area contributed by atoms with Crippen LogP contribution < -0.4 is 4.74 Å². The molecule has 1 aliphatic rings. The fourth-order valence-electron chi connectivity index (χ4n) is 2.25. The molecule has 2 heterocycles. The Kier molecular flexibility index (Phi) is 3.15. The van der Waals surface area contributed by atoms with Gasteiger partial charge in [-0.15, -0.1) is 0 Å². The summed E-state index contributed by atoms with van der Waals surface area (Å²) in [7, 11) is 1.62. The molecule has 1 aliphatic heterocycles. The van der Waals surface area contributed by atoms with Gasteiger partial charge in [0.15, 0.2) is 5.69 Å². The van der Waals surface area contributed by atoms with Gasteiger partial charge in [-0.05, 0) is 23.8 Å². The second kappa shape index (κ2) is 4.97. The maximum absolute atomic E-state index is 10.9. The molecule has 20 heavy (non-hydrogen) atoms. The standard InChI is InChI=1S/C14H14N2O4/c1-19-11-4-2-9(3-5-11)13-7-16-10(8-20-13)6-12(15-16)14(17)18/h2-6,13H,7-8H2,1H3,(H,17,18). The summed E-state index contributed by atoms with van der Waals surface area (Å²) in [5, 5.41) is 13.0. The molecule has 1 unspecified atom stereocenters. The first-order valence-corrected chi connectivity index (χ1v) is 6.23. The van der Waals surface area contributed by atoms with Crippen LogP contribution in [0, 0.1) is 0 Å². The van der Waals surface area contributed by atoms with E-state index in [1.165, 1.54) is 0 Å². The number of ether oxygens (including phenoxy) is 2. The predicted octanol–water partition coefficient (Wildman–Crippen LogP) is 1.86. The molecule has 0 bridgehead atoms. The largest absolute Gasteiger partial charge is 0.497 e. The second-order valence-corrected chi connectivity index (χ2v) is 4.58. The van der Waals surface area contributed by atoms with Gasteiger partial charge >= 0.3 is 5.97 Å². The maximum Gasteiger partial charge on any atom is 0.356 e. The van der Waals surface area contributed by atoms with Crippen LogP contribution in [0.4, 0.5) is 0 Å². The number of hydrogen-bond acceptors (Lipinski definition) is 4. The first-order chi connectivity index (χ1) is 9.67. The van der Waals surface area contributed by atoms with Gasteiger partial charge in [-0.25, -0.2) is 4.79 Å². The number of nitrogens with zero attached hydrogens (tertiary/aromatic N) is 2. The minimum atomic E-state index is -1.02. The zero-order valence-corrected chi connectivity index (χ0v) is 10.9. The minimum Gasteiger partial charge on any atom is -0.497 e. The van der Waals surface area contributed by atoms with Crippen LogP contribution in [-0.4, -0.2) is 28.0 Å². The second-order valence-electron chi connectivity index (χ2n) is 4.58. The van der Waals surface area contributed by atoms with Crippen molar-refractivity contribution in [3.05, 3.63) is 47.3 Å². The molecule has 0 radical (unpaired) electrons. The van der Waals surface area contributed by atoms with E-state index in [9.17, 15) is 4.79 Å². The molecule has 2 aromatic rings. The first-order valence-electron chi connectivity index (χ1n) is 6.23. The Morgan fingerprint density at radius 3 is 2.85 bits per heavy atom. The molecule has 0 amide bonds. The topological polar surface area (TPSA) is 73.6 Å². The highest BCUT2D eigenvalue weighted by Gasteiger charge is 2.23. The van der Waals surface area contributed by atoms with Crippen molar-refractivity contribution in [1.82, 2.24) is 9.78 Å². The lowest BCUT2D eigenvalue weighted by Crippen LogP contribution is -2.21. The van der Waals surface area contributed by atoms with Gasteiger partial charge in [-0.1, -0.05) is 12.1 Å². The highest BCUT2D eigenvalue weighted by molar-refractivity contribution is 5.85. The molecule has 6 heteroatoms. The van der Waals surface area contributed by atoms with E-state index in [2.05, 4.69) is 5.10 Å². The van der Waals surface area contributed by atoms with Crippen molar-refractivity contribution in [2.75, 3.05) is 7.11 Å². The number of aromatic carboxylic acids is 1. The average Bonchev–Trinajstić information content (AvgIpc) is 2.90. The molecule has 104 valence electrons. The Bertz CT molecular complexity index is 633. The number of fused-ring (bicyclic) bond motifs is 1. The Balaban J connectivity index is 1.82. The third-order valence-electron chi connectivity index (χ3n) is 3.34. The molecule has 1 atom stereocenters. The van der Waals surface area contributed by atoms with Gasteiger partial charge in [0.25, 0.3) is 0 Å². The van der Waals surface area contributed by atoms with Gasteiger partial charge in [0.05, 0.1) is 26.0 Å². The molecule has 0 saturated carbocycles. The van der Waals surface area contributed by atoms with Gasteiger partial charge in [0, 0.05) is 0 Å². The number of carboxylic acids is 1. The fourth-order valence-corrected chi connectivity index (χ4v) is 2.25. The van der Waals surface area contributed by atoms with Crippen LogP contribution in [0.2, 0.25) is 0 Å². The number of rotatable bonds is 3. The molecule has 6 nitrogen and oxygen atoms in total. The Morgan fingerprint density at radius 1 is 1.45 bits per heavy atom. The van der Waals surface area contributed by atoms with Gasteiger partial charge in [-0.2, -0.15) is 5.10 Å². The van der Waals surface area contributed by atoms with Crippen LogP contribution in [0.3, 0.4) is 0 Å². The lowest BCUT2D eigenvalue weighted by atomic mass is 10.1. The molecule has 0 fully saturated rings. The van der Waals surface area contributed by atoms with Crippen LogP contribution in [-0.2, 0) is 17.9 Å². The smallest absolute Gasteiger partial charge is 0.356 e. The zero-order chi connectivity index (χ0) is 14.1. The maximum atomic E-state index is 10.9. The third kappa shape index (κ3) is 2.25. The molecule has 3 rings (SSSR count). The van der Waals surface area contributed by atoms with Crippen LogP contribution in [0.1, 0.15) is 27.8 Å². The SMILES string of the molecule is COc1ccc(C2Cn3nc(C(=O)O)cc3CO2)cc1. The van der Waals surface area contributed by atoms with Gasteiger partial charge < -0.3 is 14.6 Å². The number of aromatic nitrogens is 2. The van der Waals surface area contributed by atoms with Crippen molar-refractivity contribution in [3.63, 3.8) is 0 Å². The summed E-state index contributed by atoms with van der Waals surface area (Å²) in [6.07, 6.45) is -0.130. The molecule has 0 aliphatic carbocycles. The van der Waals surface area contributed by atoms with Crippen molar-refractivity contribution in [3.8, 4) is 5.75 Å². The summed E-state index contributed by atoms with van der Waals surface area (Å²) < 4.78 is 12.6. The number of carbonyl (C=O) groups is 1. The summed E-state index contributed by atoms with van der Waals surface area (Å²) >= 11 is 0. The summed E-state index contributed by atoms with van der Waals surface area (Å²) in [5.74, 6) is -0.231. The normalized spacial score (nSPS) is 17.6. The summed E-state index contributed by atoms with van der Waals surface area (Å²) in [6, 6.07) is 9.18.